The van der Waals surface area contributed by atoms with Crippen molar-refractivity contribution in [2.45, 2.75) is 26.7 Å². The van der Waals surface area contributed by atoms with Crippen molar-refractivity contribution in [1.82, 2.24) is 10.4 Å². The fourth-order valence-electron chi connectivity index (χ4n) is 1.45. The summed E-state index contributed by atoms with van der Waals surface area (Å²) in [4.78, 5) is 0. The summed E-state index contributed by atoms with van der Waals surface area (Å²) < 4.78 is 0. The van der Waals surface area contributed by atoms with Gasteiger partial charge in [0.05, 0.1) is 12.3 Å². The van der Waals surface area contributed by atoms with E-state index in [2.05, 4.69) is 24.4 Å². The van der Waals surface area contributed by atoms with Gasteiger partial charge in [0, 0.05) is 5.92 Å². The lowest BCUT2D eigenvalue weighted by Crippen LogP contribution is -2.51. The first-order chi connectivity index (χ1) is 6.19. The molecule has 5 heteroatoms. The summed E-state index contributed by atoms with van der Waals surface area (Å²) in [5.74, 6) is 6.18. The summed E-state index contributed by atoms with van der Waals surface area (Å²) in [6.45, 7) is 4.97. The van der Waals surface area contributed by atoms with E-state index in [0.717, 1.165) is 18.6 Å². The zero-order valence-corrected chi connectivity index (χ0v) is 8.90. The molecule has 0 fully saturated rings. The fourth-order valence-corrected chi connectivity index (χ4v) is 1.56. The maximum atomic E-state index is 5.66. The number of rotatable bonds is 3. The second-order valence-electron chi connectivity index (χ2n) is 3.16. The molecule has 0 saturated heterocycles. The quantitative estimate of drug-likeness (QED) is 0.523. The van der Waals surface area contributed by atoms with E-state index in [-0.39, 0.29) is 0 Å². The van der Waals surface area contributed by atoms with Crippen LogP contribution in [0.2, 0.25) is 0 Å². The maximum absolute atomic E-state index is 5.66. The second-order valence-corrected chi connectivity index (χ2v) is 3.55. The minimum absolute atomic E-state index is 0.495. The van der Waals surface area contributed by atoms with Crippen molar-refractivity contribution in [3.8, 4) is 0 Å². The smallest absolute Gasteiger partial charge is 0.204 e. The van der Waals surface area contributed by atoms with Crippen LogP contribution in [-0.2, 0) is 0 Å². The average Bonchev–Trinajstić information content (AvgIpc) is 2.13. The first-order valence-corrected chi connectivity index (χ1v) is 4.98. The Hall–Kier alpha value is -0.680. The number of hydrogen-bond donors (Lipinski definition) is 2. The van der Waals surface area contributed by atoms with E-state index in [9.17, 15) is 0 Å². The summed E-state index contributed by atoms with van der Waals surface area (Å²) in [6, 6.07) is 0. The Morgan fingerprint density at radius 3 is 2.69 bits per heavy atom. The van der Waals surface area contributed by atoms with Gasteiger partial charge in [-0.1, -0.05) is 13.8 Å². The summed E-state index contributed by atoms with van der Waals surface area (Å²) in [7, 11) is 0. The van der Waals surface area contributed by atoms with Crippen LogP contribution >= 0.6 is 12.2 Å². The second kappa shape index (κ2) is 4.53. The van der Waals surface area contributed by atoms with Gasteiger partial charge in [0.2, 0.25) is 5.11 Å². The number of hydrazone groups is 1. The van der Waals surface area contributed by atoms with Gasteiger partial charge in [0.1, 0.15) is 0 Å². The third-order valence-corrected chi connectivity index (χ3v) is 2.67. The molecule has 1 aliphatic rings. The van der Waals surface area contributed by atoms with Crippen LogP contribution in [0.4, 0.5) is 0 Å². The van der Waals surface area contributed by atoms with Crippen LogP contribution in [0.15, 0.2) is 5.10 Å². The van der Waals surface area contributed by atoms with Crippen LogP contribution in [0.3, 0.4) is 0 Å². The molecule has 0 radical (unpaired) electrons. The Bertz CT molecular complexity index is 222. The lowest BCUT2D eigenvalue weighted by atomic mass is 9.97. The standard InChI is InChI=1S/C8H16N4S/c1-3-6(4-2)7-5-12(9)8(13)11-10-7/h6H,3-5,9H2,1-2H3,(H,11,13). The highest BCUT2D eigenvalue weighted by molar-refractivity contribution is 7.80. The van der Waals surface area contributed by atoms with E-state index in [1.807, 2.05) is 0 Å². The van der Waals surface area contributed by atoms with Crippen LogP contribution in [-0.4, -0.2) is 22.4 Å². The Morgan fingerprint density at radius 2 is 2.23 bits per heavy atom. The zero-order chi connectivity index (χ0) is 9.84. The number of hydrazine groups is 1. The normalized spacial score (nSPS) is 17.4. The van der Waals surface area contributed by atoms with Crippen molar-refractivity contribution < 1.29 is 0 Å². The predicted molar refractivity (Wildman–Crippen MR) is 58.1 cm³/mol. The molecule has 1 rings (SSSR count). The first-order valence-electron chi connectivity index (χ1n) is 4.57. The minimum Gasteiger partial charge on any atom is -0.280 e. The lowest BCUT2D eigenvalue weighted by molar-refractivity contribution is 0.459. The number of nitrogens with one attached hydrogen (secondary N) is 1. The third kappa shape index (κ3) is 2.38. The van der Waals surface area contributed by atoms with Gasteiger partial charge >= 0.3 is 0 Å². The molecule has 1 heterocycles. The van der Waals surface area contributed by atoms with E-state index >= 15 is 0 Å². The number of nitrogens with zero attached hydrogens (tertiary/aromatic N) is 2. The van der Waals surface area contributed by atoms with E-state index < -0.39 is 0 Å². The van der Waals surface area contributed by atoms with E-state index in [0.29, 0.717) is 17.6 Å². The number of thiocarbonyl (C=S) groups is 1. The SMILES string of the molecule is CCC(CC)C1=NNC(=S)N(N)C1. The highest BCUT2D eigenvalue weighted by atomic mass is 32.1. The first kappa shape index (κ1) is 10.4. The molecule has 0 saturated carbocycles. The van der Waals surface area contributed by atoms with Crippen molar-refractivity contribution >= 4 is 23.0 Å². The van der Waals surface area contributed by atoms with Crippen molar-refractivity contribution in [1.29, 1.82) is 0 Å². The van der Waals surface area contributed by atoms with Crippen molar-refractivity contribution in [2.75, 3.05) is 6.54 Å². The maximum Gasteiger partial charge on any atom is 0.204 e. The molecule has 3 N–H and O–H groups in total. The molecule has 0 aromatic heterocycles. The molecule has 0 unspecified atom stereocenters. The molecule has 1 aliphatic heterocycles. The highest BCUT2D eigenvalue weighted by Gasteiger charge is 2.19. The molecule has 0 spiro atoms. The van der Waals surface area contributed by atoms with Gasteiger partial charge in [-0.2, -0.15) is 5.10 Å². The highest BCUT2D eigenvalue weighted by Crippen LogP contribution is 2.12. The molecule has 4 nitrogen and oxygen atoms in total. The number of hydrogen-bond acceptors (Lipinski definition) is 3. The van der Waals surface area contributed by atoms with Crippen molar-refractivity contribution in [3.63, 3.8) is 0 Å². The minimum atomic E-state index is 0.495. The zero-order valence-electron chi connectivity index (χ0n) is 8.08. The molecular formula is C8H16N4S. The summed E-state index contributed by atoms with van der Waals surface area (Å²) in [5, 5.41) is 6.23. The summed E-state index contributed by atoms with van der Waals surface area (Å²) in [6.07, 6.45) is 2.19. The molecule has 74 valence electrons. The van der Waals surface area contributed by atoms with Crippen molar-refractivity contribution in [2.24, 2.45) is 16.9 Å². The molecule has 0 aromatic rings. The molecule has 0 aliphatic carbocycles. The van der Waals surface area contributed by atoms with Gasteiger partial charge in [-0.25, -0.2) is 5.84 Å². The Kier molecular flexibility index (Phi) is 3.62. The third-order valence-electron chi connectivity index (χ3n) is 2.35. The van der Waals surface area contributed by atoms with E-state index in [1.54, 1.807) is 0 Å². The molecular weight excluding hydrogens is 184 g/mol. The average molecular weight is 200 g/mol. The van der Waals surface area contributed by atoms with Crippen LogP contribution in [0.1, 0.15) is 26.7 Å². The number of nitrogens with two attached hydrogens (primary N) is 1. The molecule has 0 atom stereocenters. The molecule has 13 heavy (non-hydrogen) atoms. The van der Waals surface area contributed by atoms with Crippen LogP contribution in [0.25, 0.3) is 0 Å². The fraction of sp³-hybridized carbons (Fsp3) is 0.750. The van der Waals surface area contributed by atoms with Gasteiger partial charge in [-0.15, -0.1) is 0 Å². The van der Waals surface area contributed by atoms with Crippen LogP contribution in [0, 0.1) is 5.92 Å². The Balaban J connectivity index is 2.66. The van der Waals surface area contributed by atoms with Gasteiger partial charge in [-0.3, -0.25) is 10.4 Å². The summed E-state index contributed by atoms with van der Waals surface area (Å²) >= 11 is 4.92. The van der Waals surface area contributed by atoms with E-state index in [1.165, 1.54) is 5.01 Å². The van der Waals surface area contributed by atoms with E-state index in [4.69, 9.17) is 18.1 Å². The van der Waals surface area contributed by atoms with Crippen LogP contribution < -0.4 is 11.3 Å². The Labute approximate surface area is 84.1 Å². The molecule has 0 aromatic carbocycles. The topological polar surface area (TPSA) is 53.7 Å². The summed E-state index contributed by atoms with van der Waals surface area (Å²) in [5.41, 5.74) is 3.85. The monoisotopic (exact) mass is 200 g/mol. The van der Waals surface area contributed by atoms with Crippen LogP contribution in [0.5, 0.6) is 0 Å². The van der Waals surface area contributed by atoms with Gasteiger partial charge in [0.25, 0.3) is 0 Å². The predicted octanol–water partition coefficient (Wildman–Crippen LogP) is 0.842. The largest absolute Gasteiger partial charge is 0.280 e. The molecule has 0 bridgehead atoms. The lowest BCUT2D eigenvalue weighted by Gasteiger charge is -2.27. The van der Waals surface area contributed by atoms with Gasteiger partial charge in [0.15, 0.2) is 0 Å². The Morgan fingerprint density at radius 1 is 1.62 bits per heavy atom. The molecule has 0 amide bonds. The van der Waals surface area contributed by atoms with Gasteiger partial charge < -0.3 is 0 Å². The van der Waals surface area contributed by atoms with Gasteiger partial charge in [-0.05, 0) is 25.1 Å². The van der Waals surface area contributed by atoms with Crippen molar-refractivity contribution in [3.05, 3.63) is 0 Å².